The number of rotatable bonds is 5. The fourth-order valence-corrected chi connectivity index (χ4v) is 6.89. The number of nitrogens with one attached hydrogen (secondary N) is 1. The van der Waals surface area contributed by atoms with Crippen molar-refractivity contribution in [2.24, 2.45) is 0 Å². The number of benzene rings is 6. The van der Waals surface area contributed by atoms with Gasteiger partial charge in [0.25, 0.3) is 0 Å². The van der Waals surface area contributed by atoms with Crippen molar-refractivity contribution in [3.63, 3.8) is 0 Å². The first kappa shape index (κ1) is 25.7. The van der Waals surface area contributed by atoms with E-state index in [4.69, 9.17) is 8.83 Å². The molecule has 0 radical (unpaired) electrons. The Morgan fingerprint density at radius 1 is 0.556 bits per heavy atom. The number of hydrogen-bond acceptors (Lipinski definition) is 3. The van der Waals surface area contributed by atoms with Gasteiger partial charge in [0, 0.05) is 38.9 Å². The van der Waals surface area contributed by atoms with E-state index < -0.39 is 0 Å². The van der Waals surface area contributed by atoms with Crippen molar-refractivity contribution < 1.29 is 8.83 Å². The van der Waals surface area contributed by atoms with Gasteiger partial charge in [-0.3, -0.25) is 0 Å². The molecule has 2 heterocycles. The number of furan rings is 2. The van der Waals surface area contributed by atoms with Crippen LogP contribution in [0.25, 0.3) is 60.6 Å². The van der Waals surface area contributed by atoms with Gasteiger partial charge >= 0.3 is 0 Å². The summed E-state index contributed by atoms with van der Waals surface area (Å²) in [7, 11) is 0. The lowest BCUT2D eigenvalue weighted by Gasteiger charge is -2.19. The number of para-hydroxylation sites is 4. The van der Waals surface area contributed by atoms with Crippen LogP contribution in [-0.4, -0.2) is 0 Å². The fourth-order valence-electron chi connectivity index (χ4n) is 6.89. The smallest absolute Gasteiger partial charge is 0.139 e. The summed E-state index contributed by atoms with van der Waals surface area (Å²) in [6, 6.07) is 46.6. The molecular weight excluding hydrogens is 550 g/mol. The maximum Gasteiger partial charge on any atom is 0.139 e. The van der Waals surface area contributed by atoms with Gasteiger partial charge in [0.1, 0.15) is 22.3 Å². The fraction of sp³-hybridized carbons (Fsp3) is 0.0476. The van der Waals surface area contributed by atoms with Crippen molar-refractivity contribution in [1.82, 2.24) is 0 Å². The number of allylic oxidation sites excluding steroid dienone is 4. The average Bonchev–Trinajstić information content (AvgIpc) is 3.68. The second-order valence-corrected chi connectivity index (χ2v) is 11.7. The molecule has 1 N–H and O–H groups in total. The SMILES string of the molecule is C1=CC(c2cccc(-c3ccccc3Nc3cccc4oc5ccccc5c34)c2)=CC(c2cccc3c2oc2ccccc23)C1. The monoisotopic (exact) mass is 579 g/mol. The maximum atomic E-state index is 6.40. The maximum absolute atomic E-state index is 6.40. The summed E-state index contributed by atoms with van der Waals surface area (Å²) in [5.74, 6) is 0.233. The third kappa shape index (κ3) is 4.36. The third-order valence-electron chi connectivity index (χ3n) is 9.01. The van der Waals surface area contributed by atoms with Crippen molar-refractivity contribution >= 4 is 60.8 Å². The molecular formula is C42H29NO2. The van der Waals surface area contributed by atoms with Gasteiger partial charge in [-0.2, -0.15) is 0 Å². The molecule has 0 saturated heterocycles. The van der Waals surface area contributed by atoms with Crippen LogP contribution in [0, 0.1) is 0 Å². The van der Waals surface area contributed by atoms with Gasteiger partial charge in [-0.25, -0.2) is 0 Å². The zero-order valence-electron chi connectivity index (χ0n) is 24.5. The topological polar surface area (TPSA) is 38.3 Å². The second kappa shape index (κ2) is 10.4. The van der Waals surface area contributed by atoms with Crippen LogP contribution in [-0.2, 0) is 0 Å². The second-order valence-electron chi connectivity index (χ2n) is 11.7. The Morgan fingerprint density at radius 2 is 1.24 bits per heavy atom. The Bertz CT molecular complexity index is 2460. The Hall–Kier alpha value is -5.80. The van der Waals surface area contributed by atoms with E-state index in [0.29, 0.717) is 0 Å². The summed E-state index contributed by atoms with van der Waals surface area (Å²) in [6.07, 6.45) is 7.89. The molecule has 1 aliphatic carbocycles. The molecule has 9 rings (SSSR count). The van der Waals surface area contributed by atoms with E-state index in [1.807, 2.05) is 30.3 Å². The van der Waals surface area contributed by atoms with Crippen LogP contribution in [0.3, 0.4) is 0 Å². The highest BCUT2D eigenvalue weighted by Crippen LogP contribution is 2.41. The van der Waals surface area contributed by atoms with Gasteiger partial charge in [-0.1, -0.05) is 115 Å². The molecule has 3 nitrogen and oxygen atoms in total. The van der Waals surface area contributed by atoms with E-state index in [-0.39, 0.29) is 5.92 Å². The van der Waals surface area contributed by atoms with E-state index in [2.05, 4.69) is 127 Å². The molecule has 1 unspecified atom stereocenters. The van der Waals surface area contributed by atoms with Gasteiger partial charge in [-0.15, -0.1) is 0 Å². The van der Waals surface area contributed by atoms with Crippen molar-refractivity contribution in [3.8, 4) is 11.1 Å². The molecule has 0 spiro atoms. The summed E-state index contributed by atoms with van der Waals surface area (Å²) in [4.78, 5) is 0. The summed E-state index contributed by atoms with van der Waals surface area (Å²) >= 11 is 0. The molecule has 1 atom stereocenters. The molecule has 45 heavy (non-hydrogen) atoms. The summed E-state index contributed by atoms with van der Waals surface area (Å²) in [5, 5.41) is 8.30. The predicted octanol–water partition coefficient (Wildman–Crippen LogP) is 12.0. The molecule has 0 bridgehead atoms. The first-order valence-electron chi connectivity index (χ1n) is 15.5. The normalized spacial score (nSPS) is 14.8. The highest BCUT2D eigenvalue weighted by atomic mass is 16.3. The Labute approximate surface area is 260 Å². The highest BCUT2D eigenvalue weighted by molar-refractivity contribution is 6.12. The van der Waals surface area contributed by atoms with Crippen LogP contribution in [0.5, 0.6) is 0 Å². The molecule has 2 aromatic heterocycles. The third-order valence-corrected chi connectivity index (χ3v) is 9.01. The van der Waals surface area contributed by atoms with Crippen LogP contribution >= 0.6 is 0 Å². The van der Waals surface area contributed by atoms with Crippen LogP contribution < -0.4 is 5.32 Å². The van der Waals surface area contributed by atoms with Gasteiger partial charge in [0.2, 0.25) is 0 Å². The quantitative estimate of drug-likeness (QED) is 0.220. The molecule has 6 aromatic carbocycles. The zero-order chi connectivity index (χ0) is 29.7. The van der Waals surface area contributed by atoms with Crippen LogP contribution in [0.15, 0.2) is 161 Å². The lowest BCUT2D eigenvalue weighted by atomic mass is 9.86. The minimum Gasteiger partial charge on any atom is -0.456 e. The largest absolute Gasteiger partial charge is 0.456 e. The molecule has 3 heteroatoms. The lowest BCUT2D eigenvalue weighted by Crippen LogP contribution is -2.00. The van der Waals surface area contributed by atoms with Crippen LogP contribution in [0.1, 0.15) is 23.5 Å². The Kier molecular flexibility index (Phi) is 5.95. The van der Waals surface area contributed by atoms with Gasteiger partial charge in [-0.05, 0) is 59.5 Å². The van der Waals surface area contributed by atoms with Crippen molar-refractivity contribution in [2.75, 3.05) is 5.32 Å². The van der Waals surface area contributed by atoms with Crippen LogP contribution in [0.2, 0.25) is 0 Å². The van der Waals surface area contributed by atoms with Crippen LogP contribution in [0.4, 0.5) is 11.4 Å². The minimum absolute atomic E-state index is 0.233. The predicted molar refractivity (Wildman–Crippen MR) is 187 cm³/mol. The first-order valence-corrected chi connectivity index (χ1v) is 15.5. The average molecular weight is 580 g/mol. The number of anilines is 2. The van der Waals surface area contributed by atoms with Crippen molar-refractivity contribution in [3.05, 3.63) is 163 Å². The summed E-state index contributed by atoms with van der Waals surface area (Å²) in [5.41, 5.74) is 11.7. The molecule has 0 fully saturated rings. The molecule has 0 saturated carbocycles. The lowest BCUT2D eigenvalue weighted by molar-refractivity contribution is 0.657. The molecule has 1 aliphatic rings. The van der Waals surface area contributed by atoms with E-state index in [1.54, 1.807) is 0 Å². The van der Waals surface area contributed by atoms with E-state index in [9.17, 15) is 0 Å². The van der Waals surface area contributed by atoms with Gasteiger partial charge in [0.05, 0.1) is 11.1 Å². The molecule has 0 aliphatic heterocycles. The van der Waals surface area contributed by atoms with E-state index >= 15 is 0 Å². The summed E-state index contributed by atoms with van der Waals surface area (Å²) in [6.45, 7) is 0. The first-order chi connectivity index (χ1) is 22.3. The van der Waals surface area contributed by atoms with Gasteiger partial charge in [0.15, 0.2) is 0 Å². The number of hydrogen-bond donors (Lipinski definition) is 1. The summed E-state index contributed by atoms with van der Waals surface area (Å²) < 4.78 is 12.5. The van der Waals surface area contributed by atoms with Crippen molar-refractivity contribution in [1.29, 1.82) is 0 Å². The number of fused-ring (bicyclic) bond motifs is 6. The Morgan fingerprint density at radius 3 is 2.18 bits per heavy atom. The molecule has 0 amide bonds. The standard InChI is InChI=1S/C42H29NO2/c1-4-20-36(43-37-21-10-24-40-41(37)35-17-3-6-23-39(35)44-40)31(15-1)29-13-7-11-27(25-29)28-12-8-14-30(26-28)32-18-9-19-34-33-16-2-5-22-38(33)45-42(32)34/h1-13,15-26,30,43H,14H2. The molecule has 214 valence electrons. The van der Waals surface area contributed by atoms with E-state index in [0.717, 1.165) is 62.0 Å². The minimum atomic E-state index is 0.233. The van der Waals surface area contributed by atoms with Crippen molar-refractivity contribution in [2.45, 2.75) is 12.3 Å². The Balaban J connectivity index is 1.08. The van der Waals surface area contributed by atoms with Gasteiger partial charge < -0.3 is 14.2 Å². The zero-order valence-corrected chi connectivity index (χ0v) is 24.5. The highest BCUT2D eigenvalue weighted by Gasteiger charge is 2.19. The molecule has 8 aromatic rings. The van der Waals surface area contributed by atoms with E-state index in [1.165, 1.54) is 27.5 Å².